The maximum atomic E-state index is 12.3. The summed E-state index contributed by atoms with van der Waals surface area (Å²) in [4.78, 5) is 19.7. The number of anilines is 1. The minimum absolute atomic E-state index is 0.321. The summed E-state index contributed by atoms with van der Waals surface area (Å²) < 4.78 is 26.0. The van der Waals surface area contributed by atoms with Crippen molar-refractivity contribution in [1.29, 1.82) is 0 Å². The number of rotatable bonds is 5. The van der Waals surface area contributed by atoms with Crippen molar-refractivity contribution in [2.75, 3.05) is 23.7 Å². The standard InChI is InChI=1S/C18H19N5O3S3/c1-4-26-22-13-7-9-23(29(3,24)25)18-14(13)21-17(28-18)15-11(2)20-16(27-15)12-6-5-8-19-10-12/h5-6,8,10H,4,7,9H2,1-3H3/b22-13+. The van der Waals surface area contributed by atoms with E-state index in [4.69, 9.17) is 9.82 Å². The zero-order valence-corrected chi connectivity index (χ0v) is 18.6. The fourth-order valence-electron chi connectivity index (χ4n) is 2.95. The molecule has 0 atom stereocenters. The van der Waals surface area contributed by atoms with Gasteiger partial charge in [0.05, 0.1) is 16.8 Å². The van der Waals surface area contributed by atoms with Crippen LogP contribution < -0.4 is 4.31 Å². The van der Waals surface area contributed by atoms with E-state index in [2.05, 4.69) is 15.1 Å². The van der Waals surface area contributed by atoms with Crippen molar-refractivity contribution in [2.45, 2.75) is 20.3 Å². The molecular formula is C18H19N5O3S3. The third-order valence-electron chi connectivity index (χ3n) is 4.26. The smallest absolute Gasteiger partial charge is 0.232 e. The van der Waals surface area contributed by atoms with E-state index in [-0.39, 0.29) is 0 Å². The molecule has 0 spiro atoms. The predicted octanol–water partition coefficient (Wildman–Crippen LogP) is 3.55. The fraction of sp³-hybridized carbons (Fsp3) is 0.333. The maximum Gasteiger partial charge on any atom is 0.232 e. The van der Waals surface area contributed by atoms with Crippen molar-refractivity contribution in [3.63, 3.8) is 0 Å². The van der Waals surface area contributed by atoms with E-state index in [9.17, 15) is 8.42 Å². The van der Waals surface area contributed by atoms with Crippen LogP contribution in [0.25, 0.3) is 20.5 Å². The van der Waals surface area contributed by atoms with Gasteiger partial charge in [0.2, 0.25) is 10.0 Å². The predicted molar refractivity (Wildman–Crippen MR) is 116 cm³/mol. The van der Waals surface area contributed by atoms with Crippen molar-refractivity contribution in [1.82, 2.24) is 15.0 Å². The molecule has 152 valence electrons. The van der Waals surface area contributed by atoms with Gasteiger partial charge in [-0.25, -0.2) is 18.4 Å². The summed E-state index contributed by atoms with van der Waals surface area (Å²) >= 11 is 2.85. The second-order valence-corrected chi connectivity index (χ2v) is 10.3. The number of hydrogen-bond donors (Lipinski definition) is 0. The zero-order chi connectivity index (χ0) is 20.6. The highest BCUT2D eigenvalue weighted by Gasteiger charge is 2.33. The number of oxime groups is 1. The molecule has 0 fully saturated rings. The number of hydrogen-bond acceptors (Lipinski definition) is 9. The minimum Gasteiger partial charge on any atom is -0.396 e. The molecule has 0 amide bonds. The third kappa shape index (κ3) is 3.89. The van der Waals surface area contributed by atoms with Crippen molar-refractivity contribution < 1.29 is 13.3 Å². The molecule has 1 aliphatic heterocycles. The second kappa shape index (κ2) is 7.81. The summed E-state index contributed by atoms with van der Waals surface area (Å²) in [7, 11) is -3.41. The van der Waals surface area contributed by atoms with Crippen LogP contribution in [0.4, 0.5) is 5.00 Å². The molecule has 0 radical (unpaired) electrons. The van der Waals surface area contributed by atoms with E-state index >= 15 is 0 Å². The molecule has 29 heavy (non-hydrogen) atoms. The number of sulfonamides is 1. The lowest BCUT2D eigenvalue weighted by atomic mass is 10.1. The van der Waals surface area contributed by atoms with Gasteiger partial charge in [0.25, 0.3) is 0 Å². The molecule has 11 heteroatoms. The second-order valence-electron chi connectivity index (χ2n) is 6.39. The molecule has 0 saturated heterocycles. The Labute approximate surface area is 177 Å². The van der Waals surface area contributed by atoms with Crippen LogP contribution in [-0.4, -0.2) is 48.5 Å². The average molecular weight is 450 g/mol. The Morgan fingerprint density at radius 3 is 2.79 bits per heavy atom. The first-order valence-corrected chi connectivity index (χ1v) is 12.4. The van der Waals surface area contributed by atoms with Gasteiger partial charge in [0.15, 0.2) is 0 Å². The summed E-state index contributed by atoms with van der Waals surface area (Å²) in [6, 6.07) is 3.83. The van der Waals surface area contributed by atoms with Gasteiger partial charge in [-0.05, 0) is 26.0 Å². The van der Waals surface area contributed by atoms with Crippen LogP contribution in [0.1, 0.15) is 24.7 Å². The molecule has 8 nitrogen and oxygen atoms in total. The summed E-state index contributed by atoms with van der Waals surface area (Å²) in [5.74, 6) is 0. The van der Waals surface area contributed by atoms with Crippen LogP contribution in [0, 0.1) is 6.92 Å². The van der Waals surface area contributed by atoms with Gasteiger partial charge in [-0.1, -0.05) is 16.5 Å². The quantitative estimate of drug-likeness (QED) is 0.553. The Balaban J connectivity index is 1.81. The van der Waals surface area contributed by atoms with E-state index in [1.807, 2.05) is 26.0 Å². The zero-order valence-electron chi connectivity index (χ0n) is 16.1. The number of fused-ring (bicyclic) bond motifs is 1. The highest BCUT2D eigenvalue weighted by Crippen LogP contribution is 2.43. The molecule has 0 saturated carbocycles. The number of pyridine rings is 1. The summed E-state index contributed by atoms with van der Waals surface area (Å²) in [5, 5.41) is 6.30. The number of aryl methyl sites for hydroxylation is 1. The number of nitrogens with zero attached hydrogens (tertiary/aromatic N) is 5. The molecule has 0 N–H and O–H groups in total. The normalized spacial score (nSPS) is 15.6. The topological polar surface area (TPSA) is 97.6 Å². The van der Waals surface area contributed by atoms with Crippen LogP contribution in [0.3, 0.4) is 0 Å². The number of thiazole rings is 2. The van der Waals surface area contributed by atoms with Crippen LogP contribution >= 0.6 is 22.7 Å². The van der Waals surface area contributed by atoms with Gasteiger partial charge in [-0.15, -0.1) is 11.3 Å². The van der Waals surface area contributed by atoms with Crippen molar-refractivity contribution in [3.8, 4) is 20.5 Å². The molecule has 4 rings (SSSR count). The van der Waals surface area contributed by atoms with E-state index < -0.39 is 10.0 Å². The first-order valence-electron chi connectivity index (χ1n) is 8.94. The average Bonchev–Trinajstić information content (AvgIpc) is 3.29. The first kappa shape index (κ1) is 19.9. The lowest BCUT2D eigenvalue weighted by Gasteiger charge is -2.25. The van der Waals surface area contributed by atoms with Crippen molar-refractivity contribution >= 4 is 43.4 Å². The van der Waals surface area contributed by atoms with E-state index in [0.717, 1.165) is 26.1 Å². The molecule has 0 bridgehead atoms. The molecule has 0 aliphatic carbocycles. The minimum atomic E-state index is -3.41. The van der Waals surface area contributed by atoms with Crippen LogP contribution in [-0.2, 0) is 14.9 Å². The van der Waals surface area contributed by atoms with E-state index in [0.29, 0.717) is 36.0 Å². The monoisotopic (exact) mass is 449 g/mol. The Morgan fingerprint density at radius 2 is 2.10 bits per heavy atom. The SMILES string of the molecule is CCO/N=C1\CCN(S(C)(=O)=O)c2sc(-c3sc(-c4cccnc4)nc3C)nc21. The molecule has 0 unspecified atom stereocenters. The molecular weight excluding hydrogens is 430 g/mol. The lowest BCUT2D eigenvalue weighted by Crippen LogP contribution is -2.36. The van der Waals surface area contributed by atoms with Crippen LogP contribution in [0.5, 0.6) is 0 Å². The molecule has 3 aromatic rings. The van der Waals surface area contributed by atoms with Gasteiger partial charge >= 0.3 is 0 Å². The van der Waals surface area contributed by atoms with Gasteiger partial charge < -0.3 is 4.84 Å². The van der Waals surface area contributed by atoms with E-state index in [1.165, 1.54) is 33.2 Å². The molecule has 0 aromatic carbocycles. The van der Waals surface area contributed by atoms with Crippen molar-refractivity contribution in [2.24, 2.45) is 5.16 Å². The Hall–Kier alpha value is -2.37. The van der Waals surface area contributed by atoms with E-state index in [1.54, 1.807) is 12.4 Å². The Morgan fingerprint density at radius 1 is 1.28 bits per heavy atom. The molecule has 1 aliphatic rings. The number of aromatic nitrogens is 3. The summed E-state index contributed by atoms with van der Waals surface area (Å²) in [5.41, 5.74) is 3.00. The van der Waals surface area contributed by atoms with Gasteiger partial charge in [0.1, 0.15) is 33.0 Å². The highest BCUT2D eigenvalue weighted by atomic mass is 32.2. The Kier molecular flexibility index (Phi) is 5.36. The van der Waals surface area contributed by atoms with Gasteiger partial charge in [0, 0.05) is 30.9 Å². The van der Waals surface area contributed by atoms with Crippen LogP contribution in [0.15, 0.2) is 29.7 Å². The maximum absolute atomic E-state index is 12.3. The third-order valence-corrected chi connectivity index (χ3v) is 7.98. The highest BCUT2D eigenvalue weighted by molar-refractivity contribution is 7.92. The molecule has 4 heterocycles. The lowest BCUT2D eigenvalue weighted by molar-refractivity contribution is 0.158. The van der Waals surface area contributed by atoms with Crippen molar-refractivity contribution in [3.05, 3.63) is 35.9 Å². The van der Waals surface area contributed by atoms with Gasteiger partial charge in [-0.2, -0.15) is 0 Å². The fourth-order valence-corrected chi connectivity index (χ4v) is 6.48. The van der Waals surface area contributed by atoms with Crippen LogP contribution in [0.2, 0.25) is 0 Å². The Bertz CT molecular complexity index is 1170. The summed E-state index contributed by atoms with van der Waals surface area (Å²) in [6.45, 7) is 4.54. The largest absolute Gasteiger partial charge is 0.396 e. The summed E-state index contributed by atoms with van der Waals surface area (Å²) in [6.07, 6.45) is 5.15. The molecule has 3 aromatic heterocycles. The van der Waals surface area contributed by atoms with Gasteiger partial charge in [-0.3, -0.25) is 9.29 Å². The first-order chi connectivity index (χ1) is 13.9.